The van der Waals surface area contributed by atoms with Crippen molar-refractivity contribution < 1.29 is 35.1 Å². The number of ether oxygens (including phenoxy) is 1. The molecule has 1 heterocycles. The van der Waals surface area contributed by atoms with E-state index < -0.39 is 49.0 Å². The molecule has 0 aromatic carbocycles. The molecule has 5 N–H and O–H groups in total. The maximum absolute atomic E-state index is 10.7. The summed E-state index contributed by atoms with van der Waals surface area (Å²) >= 11 is 0. The van der Waals surface area contributed by atoms with Crippen LogP contribution in [0, 0.1) is 5.92 Å². The van der Waals surface area contributed by atoms with E-state index in [1.54, 1.807) is 0 Å². The maximum atomic E-state index is 10.7. The number of aliphatic carboxylic acids is 1. The van der Waals surface area contributed by atoms with Gasteiger partial charge in [0.2, 0.25) is 0 Å². The largest absolute Gasteiger partial charge is 0.481 e. The van der Waals surface area contributed by atoms with Crippen molar-refractivity contribution in [3.63, 3.8) is 0 Å². The highest BCUT2D eigenvalue weighted by Gasteiger charge is 2.46. The zero-order valence-corrected chi connectivity index (χ0v) is 8.72. The summed E-state index contributed by atoms with van der Waals surface area (Å²) in [5.41, 5.74) is 0. The molecule has 7 nitrogen and oxygen atoms in total. The molecule has 0 radical (unpaired) electrons. The second-order valence-electron chi connectivity index (χ2n) is 3.92. The predicted molar refractivity (Wildman–Crippen MR) is 50.6 cm³/mol. The van der Waals surface area contributed by atoms with Crippen LogP contribution in [-0.4, -0.2) is 68.6 Å². The number of hydrogen-bond donors (Lipinski definition) is 5. The van der Waals surface area contributed by atoms with E-state index in [4.69, 9.17) is 14.9 Å². The molecule has 6 atom stereocenters. The number of aliphatic hydroxyl groups excluding tert-OH is 4. The molecule has 1 rings (SSSR count). The Bertz CT molecular complexity index is 254. The maximum Gasteiger partial charge on any atom is 0.308 e. The van der Waals surface area contributed by atoms with E-state index in [0.29, 0.717) is 0 Å². The van der Waals surface area contributed by atoms with Gasteiger partial charge in [-0.15, -0.1) is 0 Å². The quantitative estimate of drug-likeness (QED) is 0.368. The summed E-state index contributed by atoms with van der Waals surface area (Å²) in [6, 6.07) is 0. The lowest BCUT2D eigenvalue weighted by atomic mass is 9.89. The molecule has 0 aromatic heterocycles. The lowest BCUT2D eigenvalue weighted by Crippen LogP contribution is -2.60. The third-order valence-corrected chi connectivity index (χ3v) is 2.81. The van der Waals surface area contributed by atoms with Gasteiger partial charge in [0.1, 0.15) is 24.4 Å². The minimum atomic E-state index is -1.53. The Labute approximate surface area is 91.9 Å². The molecule has 94 valence electrons. The van der Waals surface area contributed by atoms with Gasteiger partial charge < -0.3 is 30.3 Å². The Morgan fingerprint density at radius 2 is 1.81 bits per heavy atom. The van der Waals surface area contributed by atoms with E-state index >= 15 is 0 Å². The molecule has 16 heavy (non-hydrogen) atoms. The first-order valence-corrected chi connectivity index (χ1v) is 4.93. The molecule has 1 fully saturated rings. The normalized spacial score (nSPS) is 41.7. The van der Waals surface area contributed by atoms with E-state index in [9.17, 15) is 20.1 Å². The molecule has 1 unspecified atom stereocenters. The fourth-order valence-corrected chi connectivity index (χ4v) is 1.68. The van der Waals surface area contributed by atoms with Crippen molar-refractivity contribution in [3.05, 3.63) is 0 Å². The van der Waals surface area contributed by atoms with Gasteiger partial charge in [0.15, 0.2) is 0 Å². The number of carbonyl (C=O) groups is 1. The zero-order valence-electron chi connectivity index (χ0n) is 8.72. The summed E-state index contributed by atoms with van der Waals surface area (Å²) in [7, 11) is 0. The van der Waals surface area contributed by atoms with Crippen LogP contribution in [0.15, 0.2) is 0 Å². The summed E-state index contributed by atoms with van der Waals surface area (Å²) in [6.07, 6.45) is -6.71. The SMILES string of the molecule is CC(C(=O)O)[C@H]1O[C@H](CO)[C@@H](O)[C@H](O)[C@@H]1O. The molecule has 0 amide bonds. The van der Waals surface area contributed by atoms with Gasteiger partial charge in [-0.2, -0.15) is 0 Å². The van der Waals surface area contributed by atoms with Crippen LogP contribution in [0.4, 0.5) is 0 Å². The topological polar surface area (TPSA) is 127 Å². The van der Waals surface area contributed by atoms with E-state index in [1.807, 2.05) is 0 Å². The molecule has 0 aliphatic carbocycles. The summed E-state index contributed by atoms with van der Waals surface area (Å²) in [4.78, 5) is 10.7. The van der Waals surface area contributed by atoms with E-state index in [2.05, 4.69) is 0 Å². The number of carboxylic acid groups (broad SMARTS) is 1. The number of carboxylic acids is 1. The van der Waals surface area contributed by atoms with Crippen molar-refractivity contribution in [2.45, 2.75) is 37.4 Å². The van der Waals surface area contributed by atoms with Crippen molar-refractivity contribution >= 4 is 5.97 Å². The fraction of sp³-hybridized carbons (Fsp3) is 0.889. The van der Waals surface area contributed by atoms with Crippen LogP contribution in [0.5, 0.6) is 0 Å². The van der Waals surface area contributed by atoms with Crippen molar-refractivity contribution in [3.8, 4) is 0 Å². The molecule has 1 aliphatic heterocycles. The van der Waals surface area contributed by atoms with Gasteiger partial charge in [-0.25, -0.2) is 0 Å². The van der Waals surface area contributed by atoms with Gasteiger partial charge in [0, 0.05) is 0 Å². The van der Waals surface area contributed by atoms with Crippen LogP contribution in [0.25, 0.3) is 0 Å². The number of hydrogen-bond acceptors (Lipinski definition) is 6. The first kappa shape index (κ1) is 13.3. The van der Waals surface area contributed by atoms with E-state index in [0.717, 1.165) is 0 Å². The highest BCUT2D eigenvalue weighted by atomic mass is 16.5. The Morgan fingerprint density at radius 1 is 1.25 bits per heavy atom. The van der Waals surface area contributed by atoms with Crippen LogP contribution in [0.2, 0.25) is 0 Å². The van der Waals surface area contributed by atoms with Gasteiger partial charge in [-0.3, -0.25) is 4.79 Å². The van der Waals surface area contributed by atoms with Crippen LogP contribution >= 0.6 is 0 Å². The molecule has 0 aromatic rings. The number of aliphatic hydroxyl groups is 4. The molecular formula is C9H16O7. The molecule has 0 saturated carbocycles. The third-order valence-electron chi connectivity index (χ3n) is 2.81. The Morgan fingerprint density at radius 3 is 2.25 bits per heavy atom. The Balaban J connectivity index is 2.82. The van der Waals surface area contributed by atoms with Crippen LogP contribution in [0.3, 0.4) is 0 Å². The van der Waals surface area contributed by atoms with Gasteiger partial charge in [-0.05, 0) is 6.92 Å². The summed E-state index contributed by atoms with van der Waals surface area (Å²) in [5.74, 6) is -2.24. The van der Waals surface area contributed by atoms with Gasteiger partial charge >= 0.3 is 5.97 Å². The lowest BCUT2D eigenvalue weighted by molar-refractivity contribution is -0.240. The van der Waals surface area contributed by atoms with E-state index in [-0.39, 0.29) is 0 Å². The average molecular weight is 236 g/mol. The molecule has 1 aliphatic rings. The van der Waals surface area contributed by atoms with Crippen molar-refractivity contribution in [2.24, 2.45) is 5.92 Å². The minimum absolute atomic E-state index is 0.562. The second-order valence-corrected chi connectivity index (χ2v) is 3.92. The van der Waals surface area contributed by atoms with E-state index in [1.165, 1.54) is 6.92 Å². The third kappa shape index (κ3) is 2.33. The van der Waals surface area contributed by atoms with Crippen LogP contribution in [0.1, 0.15) is 6.92 Å². The predicted octanol–water partition coefficient (Wildman–Crippen LogP) is -2.45. The Kier molecular flexibility index (Phi) is 4.22. The van der Waals surface area contributed by atoms with Gasteiger partial charge in [-0.1, -0.05) is 0 Å². The van der Waals surface area contributed by atoms with Gasteiger partial charge in [0.25, 0.3) is 0 Å². The van der Waals surface area contributed by atoms with Crippen molar-refractivity contribution in [1.29, 1.82) is 0 Å². The average Bonchev–Trinajstić information content (AvgIpc) is 2.25. The summed E-state index contributed by atoms with van der Waals surface area (Å²) in [6.45, 7) is 0.753. The molecule has 0 spiro atoms. The second kappa shape index (κ2) is 5.07. The smallest absolute Gasteiger partial charge is 0.308 e. The highest BCUT2D eigenvalue weighted by Crippen LogP contribution is 2.25. The van der Waals surface area contributed by atoms with Crippen LogP contribution < -0.4 is 0 Å². The molecule has 0 bridgehead atoms. The highest BCUT2D eigenvalue weighted by molar-refractivity contribution is 5.70. The van der Waals surface area contributed by atoms with Crippen molar-refractivity contribution in [2.75, 3.05) is 6.61 Å². The minimum Gasteiger partial charge on any atom is -0.481 e. The Hall–Kier alpha value is -0.730. The molecule has 7 heteroatoms. The summed E-state index contributed by atoms with van der Waals surface area (Å²) < 4.78 is 5.06. The molecular weight excluding hydrogens is 220 g/mol. The number of rotatable bonds is 3. The lowest BCUT2D eigenvalue weighted by Gasteiger charge is -2.41. The first-order chi connectivity index (χ1) is 7.40. The fourth-order valence-electron chi connectivity index (χ4n) is 1.68. The first-order valence-electron chi connectivity index (χ1n) is 4.93. The zero-order chi connectivity index (χ0) is 12.5. The van der Waals surface area contributed by atoms with Crippen molar-refractivity contribution in [1.82, 2.24) is 0 Å². The molecule has 1 saturated heterocycles. The monoisotopic (exact) mass is 236 g/mol. The standard InChI is InChI=1S/C9H16O7/c1-3(9(14)15)8-7(13)6(12)5(11)4(2-10)16-8/h3-8,10-13H,2H2,1H3,(H,14,15)/t3?,4-,5-,6+,7+,8-/m1/s1. The summed E-state index contributed by atoms with van der Waals surface area (Å²) in [5, 5.41) is 46.1. The van der Waals surface area contributed by atoms with Gasteiger partial charge in [0.05, 0.1) is 18.6 Å². The van der Waals surface area contributed by atoms with Crippen LogP contribution in [-0.2, 0) is 9.53 Å².